The number of hydrogen-bond donors (Lipinski definition) is 1. The predicted octanol–water partition coefficient (Wildman–Crippen LogP) is 3.38. The Balaban J connectivity index is 2.59. The van der Waals surface area contributed by atoms with Crippen molar-refractivity contribution in [3.8, 4) is 5.69 Å². The molecule has 0 bridgehead atoms. The molecule has 0 atom stereocenters. The third-order valence-electron chi connectivity index (χ3n) is 2.42. The second-order valence-corrected chi connectivity index (χ2v) is 4.42. The Hall–Kier alpha value is -1.19. The molecule has 0 unspecified atom stereocenters. The van der Waals surface area contributed by atoms with Crippen LogP contribution < -0.4 is 5.73 Å². The van der Waals surface area contributed by atoms with Gasteiger partial charge in [-0.3, -0.25) is 0 Å². The fourth-order valence-electron chi connectivity index (χ4n) is 1.44. The molecule has 1 aromatic heterocycles. The van der Waals surface area contributed by atoms with E-state index < -0.39 is 0 Å². The van der Waals surface area contributed by atoms with Gasteiger partial charge in [-0.2, -0.15) is 5.10 Å². The van der Waals surface area contributed by atoms with E-state index in [4.69, 9.17) is 28.9 Å². The molecule has 2 aromatic rings. The molecule has 0 aliphatic rings. The molecule has 0 radical (unpaired) electrons. The smallest absolute Gasteiger partial charge is 0.146 e. The maximum Gasteiger partial charge on any atom is 0.146 e. The normalized spacial score (nSPS) is 10.8. The topological polar surface area (TPSA) is 43.8 Å². The van der Waals surface area contributed by atoms with Crippen molar-refractivity contribution in [2.24, 2.45) is 0 Å². The lowest BCUT2D eigenvalue weighted by molar-refractivity contribution is 0.871. The molecule has 2 N–H and O–H groups in total. The SMILES string of the molecule is Cc1ccc(-n2nc(C)c(Cl)c2N)cc1Cl. The Morgan fingerprint density at radius 2 is 1.94 bits per heavy atom. The first-order valence-corrected chi connectivity index (χ1v) is 5.53. The van der Waals surface area contributed by atoms with E-state index in [9.17, 15) is 0 Å². The third kappa shape index (κ3) is 1.77. The Labute approximate surface area is 104 Å². The molecule has 0 saturated heterocycles. The molecule has 84 valence electrons. The summed E-state index contributed by atoms with van der Waals surface area (Å²) in [4.78, 5) is 0. The van der Waals surface area contributed by atoms with Gasteiger partial charge < -0.3 is 5.73 Å². The Kier molecular flexibility index (Phi) is 2.82. The first kappa shape index (κ1) is 11.3. The van der Waals surface area contributed by atoms with Gasteiger partial charge in [-0.1, -0.05) is 29.3 Å². The lowest BCUT2D eigenvalue weighted by Gasteiger charge is -2.05. The maximum absolute atomic E-state index is 6.05. The minimum atomic E-state index is 0.430. The monoisotopic (exact) mass is 255 g/mol. The molecule has 3 nitrogen and oxygen atoms in total. The third-order valence-corrected chi connectivity index (χ3v) is 3.30. The summed E-state index contributed by atoms with van der Waals surface area (Å²) in [6.45, 7) is 3.75. The largest absolute Gasteiger partial charge is 0.382 e. The quantitative estimate of drug-likeness (QED) is 0.849. The number of aromatic nitrogens is 2. The molecular formula is C11H11Cl2N3. The number of halogens is 2. The van der Waals surface area contributed by atoms with Crippen molar-refractivity contribution in [1.29, 1.82) is 0 Å². The fourth-order valence-corrected chi connectivity index (χ4v) is 1.73. The molecule has 0 spiro atoms. The highest BCUT2D eigenvalue weighted by atomic mass is 35.5. The van der Waals surface area contributed by atoms with Crippen LogP contribution in [0.2, 0.25) is 10.0 Å². The predicted molar refractivity (Wildman–Crippen MR) is 67.5 cm³/mol. The van der Waals surface area contributed by atoms with Crippen LogP contribution in [0.4, 0.5) is 5.82 Å². The van der Waals surface area contributed by atoms with Crippen molar-refractivity contribution in [3.05, 3.63) is 39.5 Å². The number of nitrogens with zero attached hydrogens (tertiary/aromatic N) is 2. The van der Waals surface area contributed by atoms with Gasteiger partial charge in [0.15, 0.2) is 0 Å². The zero-order valence-corrected chi connectivity index (χ0v) is 10.5. The minimum absolute atomic E-state index is 0.430. The first-order chi connectivity index (χ1) is 7.50. The van der Waals surface area contributed by atoms with E-state index in [1.165, 1.54) is 0 Å². The van der Waals surface area contributed by atoms with Crippen molar-refractivity contribution in [1.82, 2.24) is 9.78 Å². The average Bonchev–Trinajstić information content (AvgIpc) is 2.50. The number of nitrogen functional groups attached to an aromatic ring is 1. The van der Waals surface area contributed by atoms with E-state index >= 15 is 0 Å². The van der Waals surface area contributed by atoms with Crippen LogP contribution in [0.5, 0.6) is 0 Å². The van der Waals surface area contributed by atoms with Crippen LogP contribution in [0.3, 0.4) is 0 Å². The van der Waals surface area contributed by atoms with Crippen LogP contribution in [0.1, 0.15) is 11.3 Å². The van der Waals surface area contributed by atoms with Crippen LogP contribution in [-0.4, -0.2) is 9.78 Å². The van der Waals surface area contributed by atoms with Gasteiger partial charge in [0.25, 0.3) is 0 Å². The molecule has 0 aliphatic carbocycles. The Morgan fingerprint density at radius 1 is 1.25 bits per heavy atom. The van der Waals surface area contributed by atoms with Crippen molar-refractivity contribution in [3.63, 3.8) is 0 Å². The van der Waals surface area contributed by atoms with E-state index in [1.54, 1.807) is 4.68 Å². The first-order valence-electron chi connectivity index (χ1n) is 4.78. The van der Waals surface area contributed by atoms with Crippen LogP contribution in [0.15, 0.2) is 18.2 Å². The van der Waals surface area contributed by atoms with Gasteiger partial charge in [-0.15, -0.1) is 0 Å². The molecule has 16 heavy (non-hydrogen) atoms. The lowest BCUT2D eigenvalue weighted by Crippen LogP contribution is -2.02. The highest BCUT2D eigenvalue weighted by Crippen LogP contribution is 2.27. The molecule has 1 heterocycles. The highest BCUT2D eigenvalue weighted by Gasteiger charge is 2.11. The Morgan fingerprint density at radius 3 is 2.44 bits per heavy atom. The molecule has 1 aromatic carbocycles. The van der Waals surface area contributed by atoms with E-state index in [2.05, 4.69) is 5.10 Å². The van der Waals surface area contributed by atoms with Crippen LogP contribution in [0, 0.1) is 13.8 Å². The van der Waals surface area contributed by atoms with E-state index in [0.717, 1.165) is 11.3 Å². The van der Waals surface area contributed by atoms with Gasteiger partial charge >= 0.3 is 0 Å². The standard InChI is InChI=1S/C11H11Cl2N3/c1-6-3-4-8(5-9(6)12)16-11(14)10(13)7(2)15-16/h3-5H,14H2,1-2H3. The van der Waals surface area contributed by atoms with Crippen molar-refractivity contribution >= 4 is 29.0 Å². The van der Waals surface area contributed by atoms with E-state index in [-0.39, 0.29) is 0 Å². The number of aryl methyl sites for hydroxylation is 2. The molecule has 0 fully saturated rings. The molecule has 5 heteroatoms. The molecular weight excluding hydrogens is 245 g/mol. The van der Waals surface area contributed by atoms with Crippen LogP contribution in [-0.2, 0) is 0 Å². The van der Waals surface area contributed by atoms with Gasteiger partial charge in [0.1, 0.15) is 10.8 Å². The summed E-state index contributed by atoms with van der Waals surface area (Å²) in [5, 5.41) is 5.42. The second kappa shape index (κ2) is 4.00. The fraction of sp³-hybridized carbons (Fsp3) is 0.182. The zero-order valence-electron chi connectivity index (χ0n) is 8.96. The zero-order chi connectivity index (χ0) is 11.9. The summed E-state index contributed by atoms with van der Waals surface area (Å²) in [5.74, 6) is 0.430. The number of rotatable bonds is 1. The lowest BCUT2D eigenvalue weighted by atomic mass is 10.2. The van der Waals surface area contributed by atoms with E-state index in [0.29, 0.717) is 21.6 Å². The number of hydrogen-bond acceptors (Lipinski definition) is 2. The van der Waals surface area contributed by atoms with Crippen molar-refractivity contribution in [2.45, 2.75) is 13.8 Å². The summed E-state index contributed by atoms with van der Waals surface area (Å²) >= 11 is 12.0. The summed E-state index contributed by atoms with van der Waals surface area (Å²) in [7, 11) is 0. The van der Waals surface area contributed by atoms with Crippen molar-refractivity contribution < 1.29 is 0 Å². The maximum atomic E-state index is 6.05. The number of nitrogens with two attached hydrogens (primary N) is 1. The van der Waals surface area contributed by atoms with Gasteiger partial charge in [0.2, 0.25) is 0 Å². The second-order valence-electron chi connectivity index (χ2n) is 3.63. The van der Waals surface area contributed by atoms with Gasteiger partial charge in [0, 0.05) is 5.02 Å². The summed E-state index contributed by atoms with van der Waals surface area (Å²) in [6.07, 6.45) is 0. The summed E-state index contributed by atoms with van der Waals surface area (Å²) < 4.78 is 1.59. The number of anilines is 1. The average molecular weight is 256 g/mol. The number of benzene rings is 1. The summed E-state index contributed by atoms with van der Waals surface area (Å²) in [6, 6.07) is 5.64. The highest BCUT2D eigenvalue weighted by molar-refractivity contribution is 6.33. The molecule has 0 saturated carbocycles. The van der Waals surface area contributed by atoms with Gasteiger partial charge in [-0.05, 0) is 31.5 Å². The van der Waals surface area contributed by atoms with Gasteiger partial charge in [-0.25, -0.2) is 4.68 Å². The summed E-state index contributed by atoms with van der Waals surface area (Å²) in [5.41, 5.74) is 8.37. The Bertz CT molecular complexity index is 546. The minimum Gasteiger partial charge on any atom is -0.382 e. The van der Waals surface area contributed by atoms with Crippen LogP contribution >= 0.6 is 23.2 Å². The van der Waals surface area contributed by atoms with Crippen LogP contribution in [0.25, 0.3) is 5.69 Å². The molecule has 2 rings (SSSR count). The molecule has 0 aliphatic heterocycles. The molecule has 0 amide bonds. The van der Waals surface area contributed by atoms with Gasteiger partial charge in [0.05, 0.1) is 11.4 Å². The van der Waals surface area contributed by atoms with Crippen molar-refractivity contribution in [2.75, 3.05) is 5.73 Å². The van der Waals surface area contributed by atoms with E-state index in [1.807, 2.05) is 32.0 Å².